The summed E-state index contributed by atoms with van der Waals surface area (Å²) in [4.78, 5) is 43.2. The first-order valence-electron chi connectivity index (χ1n) is 11.4. The number of likely N-dealkylation sites (N-methyl/N-ethyl adjacent to an activating group) is 1. The number of hydrogen-bond acceptors (Lipinski definition) is 6. The van der Waals surface area contributed by atoms with Crippen LogP contribution in [0.3, 0.4) is 0 Å². The summed E-state index contributed by atoms with van der Waals surface area (Å²) in [6.07, 6.45) is 0.185. The summed E-state index contributed by atoms with van der Waals surface area (Å²) < 4.78 is 0. The number of carbonyl (C=O) groups is 3. The van der Waals surface area contributed by atoms with Crippen molar-refractivity contribution in [3.63, 3.8) is 0 Å². The van der Waals surface area contributed by atoms with Crippen LogP contribution in [0.25, 0.3) is 10.6 Å². The molecule has 1 aliphatic rings. The summed E-state index contributed by atoms with van der Waals surface area (Å²) in [7, 11) is 0. The maximum atomic E-state index is 14.0. The lowest BCUT2D eigenvalue weighted by molar-refractivity contribution is -0.122. The first kappa shape index (κ1) is 23.8. The number of rotatable bonds is 7. The Morgan fingerprint density at radius 3 is 2.14 bits per heavy atom. The van der Waals surface area contributed by atoms with E-state index in [0.29, 0.717) is 32.8 Å². The van der Waals surface area contributed by atoms with Gasteiger partial charge < -0.3 is 0 Å². The molecule has 0 aliphatic carbocycles. The lowest BCUT2D eigenvalue weighted by Crippen LogP contribution is -2.52. The van der Waals surface area contributed by atoms with Gasteiger partial charge in [-0.2, -0.15) is 0 Å². The summed E-state index contributed by atoms with van der Waals surface area (Å²) >= 11 is 7.25. The van der Waals surface area contributed by atoms with Crippen molar-refractivity contribution in [1.82, 2.24) is 15.1 Å². The van der Waals surface area contributed by atoms with Gasteiger partial charge in [0.15, 0.2) is 0 Å². The molecule has 2 heterocycles. The quantitative estimate of drug-likeness (QED) is 0.318. The number of amides is 3. The van der Waals surface area contributed by atoms with E-state index < -0.39 is 23.8 Å². The highest BCUT2D eigenvalue weighted by Gasteiger charge is 2.44. The second-order valence-electron chi connectivity index (χ2n) is 8.21. The van der Waals surface area contributed by atoms with E-state index in [-0.39, 0.29) is 6.42 Å². The molecule has 7 nitrogen and oxygen atoms in total. The van der Waals surface area contributed by atoms with Crippen molar-refractivity contribution < 1.29 is 14.4 Å². The van der Waals surface area contributed by atoms with Crippen molar-refractivity contribution in [3.05, 3.63) is 101 Å². The van der Waals surface area contributed by atoms with E-state index in [9.17, 15) is 14.4 Å². The maximum absolute atomic E-state index is 14.0. The molecule has 36 heavy (non-hydrogen) atoms. The average Bonchev–Trinajstić information content (AvgIpc) is 3.48. The third kappa shape index (κ3) is 4.41. The fourth-order valence-electron chi connectivity index (χ4n) is 4.22. The van der Waals surface area contributed by atoms with Gasteiger partial charge in [0, 0.05) is 23.6 Å². The molecule has 0 saturated carbocycles. The van der Waals surface area contributed by atoms with Crippen LogP contribution in [0.4, 0.5) is 5.13 Å². The van der Waals surface area contributed by atoms with Crippen molar-refractivity contribution in [2.45, 2.75) is 19.4 Å². The number of carbonyl (C=O) groups excluding carboxylic acids is 3. The van der Waals surface area contributed by atoms with Crippen LogP contribution in [-0.4, -0.2) is 45.4 Å². The molecule has 0 unspecified atom stereocenters. The summed E-state index contributed by atoms with van der Waals surface area (Å²) in [6, 6.07) is 22.1. The van der Waals surface area contributed by atoms with Gasteiger partial charge in [0.1, 0.15) is 11.0 Å². The van der Waals surface area contributed by atoms with E-state index in [1.807, 2.05) is 49.4 Å². The Bertz CT molecular complexity index is 1400. The predicted molar refractivity (Wildman–Crippen MR) is 139 cm³/mol. The van der Waals surface area contributed by atoms with Gasteiger partial charge in [0.2, 0.25) is 5.13 Å². The highest BCUT2D eigenvalue weighted by molar-refractivity contribution is 7.18. The third-order valence-electron chi connectivity index (χ3n) is 6.01. The molecule has 0 fully saturated rings. The highest BCUT2D eigenvalue weighted by atomic mass is 35.5. The molecule has 0 saturated heterocycles. The molecule has 0 radical (unpaired) electrons. The van der Waals surface area contributed by atoms with Gasteiger partial charge in [-0.25, -0.2) is 0 Å². The Hall–Kier alpha value is -3.88. The number of hydrogen-bond donors (Lipinski definition) is 0. The normalized spacial score (nSPS) is 13.6. The van der Waals surface area contributed by atoms with Crippen molar-refractivity contribution >= 4 is 45.8 Å². The second kappa shape index (κ2) is 10.0. The minimum absolute atomic E-state index is 0.185. The van der Waals surface area contributed by atoms with Crippen molar-refractivity contribution in [2.24, 2.45) is 0 Å². The maximum Gasteiger partial charge on any atom is 0.262 e. The molecule has 180 valence electrons. The Labute approximate surface area is 217 Å². The van der Waals surface area contributed by atoms with Gasteiger partial charge in [-0.15, -0.1) is 10.2 Å². The molecule has 5 rings (SSSR count). The molecule has 0 spiro atoms. The van der Waals surface area contributed by atoms with Crippen LogP contribution in [0.1, 0.15) is 33.2 Å². The Balaban J connectivity index is 1.50. The molecule has 4 aromatic rings. The molecule has 9 heteroatoms. The fourth-order valence-corrected chi connectivity index (χ4v) is 5.26. The van der Waals surface area contributed by atoms with Crippen molar-refractivity contribution in [3.8, 4) is 10.6 Å². The van der Waals surface area contributed by atoms with Crippen LogP contribution in [0, 0.1) is 0 Å². The predicted octanol–water partition coefficient (Wildman–Crippen LogP) is 5.12. The van der Waals surface area contributed by atoms with Crippen LogP contribution in [0.15, 0.2) is 78.9 Å². The lowest BCUT2D eigenvalue weighted by atomic mass is 10.0. The Morgan fingerprint density at radius 2 is 1.53 bits per heavy atom. The molecule has 1 atom stereocenters. The molecular formula is C27H21ClN4O3S. The van der Waals surface area contributed by atoms with Crippen molar-refractivity contribution in [1.29, 1.82) is 0 Å². The number of nitrogens with zero attached hydrogens (tertiary/aromatic N) is 4. The number of anilines is 1. The van der Waals surface area contributed by atoms with Crippen LogP contribution in [0.5, 0.6) is 0 Å². The minimum atomic E-state index is -1.04. The fraction of sp³-hybridized carbons (Fsp3) is 0.148. The van der Waals surface area contributed by atoms with Crippen LogP contribution >= 0.6 is 22.9 Å². The number of halogens is 1. The lowest BCUT2D eigenvalue weighted by Gasteiger charge is -2.29. The summed E-state index contributed by atoms with van der Waals surface area (Å²) in [5, 5.41) is 10.1. The van der Waals surface area contributed by atoms with Crippen molar-refractivity contribution in [2.75, 3.05) is 11.4 Å². The third-order valence-corrected chi connectivity index (χ3v) is 7.26. The number of benzene rings is 3. The summed E-state index contributed by atoms with van der Waals surface area (Å²) in [5.41, 5.74) is 2.27. The number of fused-ring (bicyclic) bond motifs is 1. The molecular weight excluding hydrogens is 496 g/mol. The Morgan fingerprint density at radius 1 is 0.917 bits per heavy atom. The first-order chi connectivity index (χ1) is 17.5. The SMILES string of the molecule is CCN(C(=O)[C@@H](Cc1ccccc1)N1C(=O)c2ccccc2C1=O)c1nnc(-c2ccc(Cl)cc2)s1. The summed E-state index contributed by atoms with van der Waals surface area (Å²) in [6.45, 7) is 2.12. The zero-order valence-corrected chi connectivity index (χ0v) is 20.9. The van der Waals surface area contributed by atoms with E-state index >= 15 is 0 Å². The van der Waals surface area contributed by atoms with E-state index in [2.05, 4.69) is 10.2 Å². The molecule has 0 N–H and O–H groups in total. The molecule has 1 aliphatic heterocycles. The van der Waals surface area contributed by atoms with E-state index in [1.54, 1.807) is 36.4 Å². The van der Waals surface area contributed by atoms with Gasteiger partial charge in [-0.1, -0.05) is 77.5 Å². The number of imide groups is 1. The van der Waals surface area contributed by atoms with Crippen LogP contribution in [-0.2, 0) is 11.2 Å². The molecule has 3 aromatic carbocycles. The average molecular weight is 517 g/mol. The van der Waals surface area contributed by atoms with Gasteiger partial charge >= 0.3 is 0 Å². The zero-order chi connectivity index (χ0) is 25.2. The largest absolute Gasteiger partial charge is 0.285 e. The van der Waals surface area contributed by atoms with E-state index in [1.165, 1.54) is 16.2 Å². The zero-order valence-electron chi connectivity index (χ0n) is 19.3. The molecule has 1 aromatic heterocycles. The monoisotopic (exact) mass is 516 g/mol. The van der Waals surface area contributed by atoms with Gasteiger partial charge in [-0.05, 0) is 36.8 Å². The standard InChI is InChI=1S/C27H21ClN4O3S/c1-2-31(27-30-29-23(36-27)18-12-14-19(28)15-13-18)26(35)22(16-17-8-4-3-5-9-17)32-24(33)20-10-6-7-11-21(20)25(32)34/h3-15,22H,2,16H2,1H3/t22-/m1/s1. The molecule has 0 bridgehead atoms. The van der Waals surface area contributed by atoms with Gasteiger partial charge in [0.05, 0.1) is 11.1 Å². The highest BCUT2D eigenvalue weighted by Crippen LogP contribution is 2.32. The van der Waals surface area contributed by atoms with Crippen LogP contribution < -0.4 is 4.90 Å². The van der Waals surface area contributed by atoms with E-state index in [4.69, 9.17) is 11.6 Å². The topological polar surface area (TPSA) is 83.5 Å². The number of aromatic nitrogens is 2. The van der Waals surface area contributed by atoms with E-state index in [0.717, 1.165) is 16.0 Å². The first-order valence-corrected chi connectivity index (χ1v) is 12.6. The Kier molecular flexibility index (Phi) is 6.63. The van der Waals surface area contributed by atoms with Gasteiger partial charge in [-0.3, -0.25) is 24.2 Å². The van der Waals surface area contributed by atoms with Gasteiger partial charge in [0.25, 0.3) is 17.7 Å². The minimum Gasteiger partial charge on any atom is -0.285 e. The summed E-state index contributed by atoms with van der Waals surface area (Å²) in [5.74, 6) is -1.34. The molecule has 3 amide bonds. The second-order valence-corrected chi connectivity index (χ2v) is 9.60. The van der Waals surface area contributed by atoms with Crippen LogP contribution in [0.2, 0.25) is 5.02 Å². The smallest absolute Gasteiger partial charge is 0.262 e.